The zero-order chi connectivity index (χ0) is 24.4. The molecule has 0 saturated carbocycles. The van der Waals surface area contributed by atoms with Crippen LogP contribution in [0.1, 0.15) is 19.8 Å². The Morgan fingerprint density at radius 1 is 1.30 bits per heavy atom. The molecular weight excluding hydrogens is 467 g/mol. The summed E-state index contributed by atoms with van der Waals surface area (Å²) in [7, 11) is -3.42. The average molecular weight is 495 g/mol. The molecule has 0 radical (unpaired) electrons. The number of amides is 1. The number of halogens is 2. The highest BCUT2D eigenvalue weighted by atomic mass is 31.2. The fourth-order valence-electron chi connectivity index (χ4n) is 4.14. The molecule has 2 aliphatic rings. The van der Waals surface area contributed by atoms with Gasteiger partial charge in [-0.1, -0.05) is 0 Å². The van der Waals surface area contributed by atoms with Gasteiger partial charge >= 0.3 is 7.82 Å². The van der Waals surface area contributed by atoms with E-state index in [-0.39, 0.29) is 62.9 Å². The van der Waals surface area contributed by atoms with Crippen LogP contribution < -0.4 is 15.1 Å². The molecule has 33 heavy (non-hydrogen) atoms. The second-order valence-corrected chi connectivity index (χ2v) is 9.28. The SMILES string of the molecule is COCC1(OP(=O)(O)O)CCN(c2c(F)cc(N3C[C@H](CNC(C)=O)OC3O)cc2F)CC1. The summed E-state index contributed by atoms with van der Waals surface area (Å²) < 4.78 is 56.6. The van der Waals surface area contributed by atoms with Crippen LogP contribution in [0, 0.1) is 11.6 Å². The Balaban J connectivity index is 1.72. The molecule has 2 atom stereocenters. The Kier molecular flexibility index (Phi) is 7.95. The number of hydrogen-bond acceptors (Lipinski definition) is 8. The minimum Gasteiger partial charge on any atom is -0.382 e. The molecule has 0 aliphatic carbocycles. The van der Waals surface area contributed by atoms with Crippen molar-refractivity contribution in [3.63, 3.8) is 0 Å². The van der Waals surface area contributed by atoms with E-state index in [4.69, 9.17) is 14.0 Å². The van der Waals surface area contributed by atoms with Crippen LogP contribution in [-0.2, 0) is 23.4 Å². The van der Waals surface area contributed by atoms with Crippen LogP contribution in [0.5, 0.6) is 0 Å². The van der Waals surface area contributed by atoms with Gasteiger partial charge in [0.15, 0.2) is 11.6 Å². The summed E-state index contributed by atoms with van der Waals surface area (Å²) in [4.78, 5) is 32.2. The molecule has 2 saturated heterocycles. The second kappa shape index (κ2) is 10.2. The van der Waals surface area contributed by atoms with Gasteiger partial charge in [-0.15, -0.1) is 0 Å². The number of benzene rings is 1. The summed E-state index contributed by atoms with van der Waals surface area (Å²) in [6.45, 7) is 1.66. The van der Waals surface area contributed by atoms with Crippen molar-refractivity contribution in [3.8, 4) is 0 Å². The quantitative estimate of drug-likeness (QED) is 0.381. The molecule has 0 bridgehead atoms. The number of rotatable bonds is 8. The molecule has 1 aromatic carbocycles. The number of methoxy groups -OCH3 is 1. The molecule has 3 rings (SSSR count). The molecule has 186 valence electrons. The second-order valence-electron chi connectivity index (χ2n) is 8.12. The van der Waals surface area contributed by atoms with Gasteiger partial charge in [0.2, 0.25) is 12.3 Å². The van der Waals surface area contributed by atoms with Crippen molar-refractivity contribution in [1.29, 1.82) is 0 Å². The molecule has 14 heteroatoms. The van der Waals surface area contributed by atoms with E-state index in [0.29, 0.717) is 0 Å². The molecule has 0 spiro atoms. The summed E-state index contributed by atoms with van der Waals surface area (Å²) in [5, 5.41) is 12.7. The lowest BCUT2D eigenvalue weighted by Crippen LogP contribution is -2.48. The van der Waals surface area contributed by atoms with E-state index in [1.165, 1.54) is 23.8 Å². The third-order valence-corrected chi connectivity index (χ3v) is 6.23. The summed E-state index contributed by atoms with van der Waals surface area (Å²) in [5.41, 5.74) is -1.48. The lowest BCUT2D eigenvalue weighted by atomic mass is 9.92. The minimum atomic E-state index is -4.79. The predicted octanol–water partition coefficient (Wildman–Crippen LogP) is 0.677. The van der Waals surface area contributed by atoms with Crippen molar-refractivity contribution in [2.24, 2.45) is 0 Å². The van der Waals surface area contributed by atoms with Gasteiger partial charge in [-0.2, -0.15) is 0 Å². The molecular formula is C19H28F2N3O8P. The molecule has 2 heterocycles. The third-order valence-electron chi connectivity index (χ3n) is 5.60. The van der Waals surface area contributed by atoms with Crippen LogP contribution >= 0.6 is 7.82 Å². The van der Waals surface area contributed by atoms with Crippen molar-refractivity contribution in [2.45, 2.75) is 37.9 Å². The highest BCUT2D eigenvalue weighted by Crippen LogP contribution is 2.46. The number of aliphatic hydroxyl groups excluding tert-OH is 1. The van der Waals surface area contributed by atoms with Crippen LogP contribution in [0.4, 0.5) is 20.2 Å². The maximum absolute atomic E-state index is 15.0. The fourth-order valence-corrected chi connectivity index (χ4v) is 4.88. The van der Waals surface area contributed by atoms with Gasteiger partial charge in [0, 0.05) is 39.4 Å². The molecule has 2 fully saturated rings. The Labute approximate surface area is 189 Å². The van der Waals surface area contributed by atoms with E-state index in [1.54, 1.807) is 0 Å². The van der Waals surface area contributed by atoms with Gasteiger partial charge in [-0.3, -0.25) is 9.32 Å². The number of nitrogens with one attached hydrogen (secondary N) is 1. The van der Waals surface area contributed by atoms with Gasteiger partial charge in [-0.05, 0) is 25.0 Å². The first-order chi connectivity index (χ1) is 15.4. The number of piperidine rings is 1. The number of carbonyl (C=O) groups excluding carboxylic acids is 1. The standard InChI is InChI=1S/C19H28F2N3O8P/c1-12(25)22-9-14-10-24(18(26)31-14)13-7-15(20)17(16(21)8-13)23-5-3-19(4-6-23,11-30-2)32-33(27,28)29/h7-8,14,18,26H,3-6,9-11H2,1-2H3,(H,22,25)(H2,27,28,29)/t14-,18?/m0/s1. The topological polar surface area (TPSA) is 141 Å². The molecule has 2 aliphatic heterocycles. The van der Waals surface area contributed by atoms with Crippen molar-refractivity contribution in [3.05, 3.63) is 23.8 Å². The van der Waals surface area contributed by atoms with Gasteiger partial charge in [-0.25, -0.2) is 13.3 Å². The summed E-state index contributed by atoms with van der Waals surface area (Å²) in [6, 6.07) is 2.16. The first-order valence-corrected chi connectivity index (χ1v) is 11.8. The van der Waals surface area contributed by atoms with Gasteiger partial charge < -0.3 is 39.5 Å². The van der Waals surface area contributed by atoms with Crippen LogP contribution in [0.15, 0.2) is 12.1 Å². The first-order valence-electron chi connectivity index (χ1n) is 10.3. The van der Waals surface area contributed by atoms with E-state index in [1.807, 2.05) is 0 Å². The van der Waals surface area contributed by atoms with Crippen LogP contribution in [0.3, 0.4) is 0 Å². The molecule has 11 nitrogen and oxygen atoms in total. The Hall–Kier alpha value is -1.86. The normalized spacial score (nSPS) is 23.1. The van der Waals surface area contributed by atoms with Crippen molar-refractivity contribution in [2.75, 3.05) is 49.7 Å². The van der Waals surface area contributed by atoms with Crippen LogP contribution in [0.2, 0.25) is 0 Å². The zero-order valence-corrected chi connectivity index (χ0v) is 19.1. The smallest absolute Gasteiger partial charge is 0.382 e. The monoisotopic (exact) mass is 495 g/mol. The lowest BCUT2D eigenvalue weighted by Gasteiger charge is -2.41. The number of anilines is 2. The molecule has 0 aromatic heterocycles. The average Bonchev–Trinajstić information content (AvgIpc) is 3.07. The van der Waals surface area contributed by atoms with Gasteiger partial charge in [0.05, 0.1) is 19.3 Å². The van der Waals surface area contributed by atoms with E-state index in [9.17, 15) is 33.0 Å². The third kappa shape index (κ3) is 6.38. The van der Waals surface area contributed by atoms with E-state index < -0.39 is 37.6 Å². The number of ether oxygens (including phenoxy) is 2. The zero-order valence-electron chi connectivity index (χ0n) is 18.2. The van der Waals surface area contributed by atoms with E-state index >= 15 is 0 Å². The number of phosphoric acid groups is 1. The van der Waals surface area contributed by atoms with Crippen LogP contribution in [0.25, 0.3) is 0 Å². The van der Waals surface area contributed by atoms with Gasteiger partial charge in [0.1, 0.15) is 11.3 Å². The lowest BCUT2D eigenvalue weighted by molar-refractivity contribution is -0.121. The summed E-state index contributed by atoms with van der Waals surface area (Å²) >= 11 is 0. The number of nitrogens with zero attached hydrogens (tertiary/aromatic N) is 2. The Morgan fingerprint density at radius 3 is 2.42 bits per heavy atom. The maximum atomic E-state index is 15.0. The van der Waals surface area contributed by atoms with Crippen molar-refractivity contribution >= 4 is 25.1 Å². The van der Waals surface area contributed by atoms with Gasteiger partial charge in [0.25, 0.3) is 0 Å². The molecule has 4 N–H and O–H groups in total. The highest BCUT2D eigenvalue weighted by molar-refractivity contribution is 7.46. The Morgan fingerprint density at radius 2 is 1.91 bits per heavy atom. The molecule has 1 unspecified atom stereocenters. The minimum absolute atomic E-state index is 0.0714. The molecule has 1 amide bonds. The number of aliphatic hydroxyl groups is 1. The van der Waals surface area contributed by atoms with E-state index in [0.717, 1.165) is 12.1 Å². The Bertz CT molecular complexity index is 886. The largest absolute Gasteiger partial charge is 0.470 e. The van der Waals surface area contributed by atoms with Crippen LogP contribution in [-0.4, -0.2) is 78.8 Å². The number of carbonyl (C=O) groups is 1. The summed E-state index contributed by atoms with van der Waals surface area (Å²) in [6.07, 6.45) is -1.82. The maximum Gasteiger partial charge on any atom is 0.470 e. The summed E-state index contributed by atoms with van der Waals surface area (Å²) in [5.74, 6) is -1.99. The first kappa shape index (κ1) is 25.8. The highest BCUT2D eigenvalue weighted by Gasteiger charge is 2.42. The fraction of sp³-hybridized carbons (Fsp3) is 0.632. The van der Waals surface area contributed by atoms with E-state index in [2.05, 4.69) is 5.32 Å². The number of phosphoric ester groups is 1. The number of hydrogen-bond donors (Lipinski definition) is 4. The molecule has 1 aromatic rings. The van der Waals surface area contributed by atoms with Crippen molar-refractivity contribution in [1.82, 2.24) is 5.32 Å². The predicted molar refractivity (Wildman–Crippen MR) is 112 cm³/mol. The van der Waals surface area contributed by atoms with Crippen molar-refractivity contribution < 1.29 is 47.0 Å².